The van der Waals surface area contributed by atoms with E-state index in [2.05, 4.69) is 22.3 Å². The normalized spacial score (nSPS) is 10.6. The molecule has 1 aromatic carbocycles. The number of nitrogens with zero attached hydrogens (tertiary/aromatic N) is 2. The van der Waals surface area contributed by atoms with Crippen molar-refractivity contribution in [1.29, 1.82) is 0 Å². The zero-order valence-corrected chi connectivity index (χ0v) is 11.0. The van der Waals surface area contributed by atoms with Gasteiger partial charge < -0.3 is 10.3 Å². The van der Waals surface area contributed by atoms with Crippen LogP contribution in [0.5, 0.6) is 0 Å². The van der Waals surface area contributed by atoms with E-state index < -0.39 is 0 Å². The van der Waals surface area contributed by atoms with Crippen LogP contribution >= 0.6 is 0 Å². The first kappa shape index (κ1) is 12.4. The summed E-state index contributed by atoms with van der Waals surface area (Å²) in [4.78, 5) is 4.12. The number of nitrogens with two attached hydrogens (primary N) is 1. The molecule has 100 valence electrons. The lowest BCUT2D eigenvalue weighted by Gasteiger charge is -2.02. The Kier molecular flexibility index (Phi) is 3.46. The summed E-state index contributed by atoms with van der Waals surface area (Å²) in [5, 5.41) is 4.08. The Hall–Kier alpha value is -2.62. The summed E-state index contributed by atoms with van der Waals surface area (Å²) in [7, 11) is 0. The molecule has 0 aliphatic heterocycles. The second-order valence-corrected chi connectivity index (χ2v) is 4.60. The highest BCUT2D eigenvalue weighted by Gasteiger charge is 2.15. The van der Waals surface area contributed by atoms with Crippen LogP contribution in [0.4, 0.5) is 5.88 Å². The molecule has 0 fully saturated rings. The van der Waals surface area contributed by atoms with E-state index in [4.69, 9.17) is 10.3 Å². The van der Waals surface area contributed by atoms with Crippen molar-refractivity contribution in [2.45, 2.75) is 12.8 Å². The highest BCUT2D eigenvalue weighted by molar-refractivity contribution is 5.74. The molecule has 2 aromatic heterocycles. The van der Waals surface area contributed by atoms with Gasteiger partial charge in [0.2, 0.25) is 5.88 Å². The average Bonchev–Trinajstić information content (AvgIpc) is 2.88. The number of rotatable bonds is 4. The van der Waals surface area contributed by atoms with E-state index in [0.717, 1.165) is 29.7 Å². The van der Waals surface area contributed by atoms with E-state index in [-0.39, 0.29) is 0 Å². The first-order valence-corrected chi connectivity index (χ1v) is 6.53. The second kappa shape index (κ2) is 5.57. The third kappa shape index (κ3) is 2.54. The van der Waals surface area contributed by atoms with Gasteiger partial charge in [-0.1, -0.05) is 41.6 Å². The molecule has 0 amide bonds. The molecule has 4 nitrogen and oxygen atoms in total. The van der Waals surface area contributed by atoms with Crippen molar-refractivity contribution in [2.24, 2.45) is 0 Å². The van der Waals surface area contributed by atoms with E-state index in [1.165, 1.54) is 5.56 Å². The smallest absolute Gasteiger partial charge is 0.230 e. The summed E-state index contributed by atoms with van der Waals surface area (Å²) in [5.41, 5.74) is 9.82. The van der Waals surface area contributed by atoms with Crippen molar-refractivity contribution in [1.82, 2.24) is 10.1 Å². The lowest BCUT2D eigenvalue weighted by atomic mass is 10.0. The minimum Gasteiger partial charge on any atom is -0.367 e. The zero-order chi connectivity index (χ0) is 13.8. The largest absolute Gasteiger partial charge is 0.367 e. The number of aryl methyl sites for hydroxylation is 2. The molecule has 3 rings (SSSR count). The van der Waals surface area contributed by atoms with Crippen molar-refractivity contribution in [3.63, 3.8) is 0 Å². The molecule has 20 heavy (non-hydrogen) atoms. The first-order chi connectivity index (χ1) is 9.84. The average molecular weight is 265 g/mol. The summed E-state index contributed by atoms with van der Waals surface area (Å²) < 4.78 is 5.14. The molecule has 2 N–H and O–H groups in total. The molecule has 0 saturated carbocycles. The second-order valence-electron chi connectivity index (χ2n) is 4.60. The predicted octanol–water partition coefficient (Wildman–Crippen LogP) is 3.10. The molecule has 2 heterocycles. The molecule has 0 radical (unpaired) electrons. The quantitative estimate of drug-likeness (QED) is 0.787. The summed E-state index contributed by atoms with van der Waals surface area (Å²) in [6.45, 7) is 0. The summed E-state index contributed by atoms with van der Waals surface area (Å²) in [5.74, 6) is 0.348. The number of hydrogen-bond acceptors (Lipinski definition) is 4. The van der Waals surface area contributed by atoms with Crippen LogP contribution in [0.2, 0.25) is 0 Å². The summed E-state index contributed by atoms with van der Waals surface area (Å²) in [6, 6.07) is 14.1. The zero-order valence-electron chi connectivity index (χ0n) is 11.0. The van der Waals surface area contributed by atoms with Gasteiger partial charge in [-0.25, -0.2) is 0 Å². The molecule has 0 aliphatic rings. The van der Waals surface area contributed by atoms with E-state index in [1.54, 1.807) is 12.4 Å². The number of pyridine rings is 1. The van der Waals surface area contributed by atoms with Gasteiger partial charge in [0.1, 0.15) is 0 Å². The predicted molar refractivity (Wildman–Crippen MR) is 78.0 cm³/mol. The number of anilines is 1. The van der Waals surface area contributed by atoms with Crippen LogP contribution in [-0.4, -0.2) is 10.1 Å². The Labute approximate surface area is 117 Å². The summed E-state index contributed by atoms with van der Waals surface area (Å²) >= 11 is 0. The molecule has 0 aliphatic carbocycles. The fourth-order valence-corrected chi connectivity index (χ4v) is 2.24. The number of nitrogen functional groups attached to an aromatic ring is 1. The minimum absolute atomic E-state index is 0.348. The number of hydrogen-bond donors (Lipinski definition) is 1. The molecule has 0 saturated heterocycles. The molecular weight excluding hydrogens is 250 g/mol. The molecule has 0 bridgehead atoms. The van der Waals surface area contributed by atoms with Gasteiger partial charge >= 0.3 is 0 Å². The molecule has 0 spiro atoms. The van der Waals surface area contributed by atoms with E-state index in [9.17, 15) is 0 Å². The fraction of sp³-hybridized carbons (Fsp3) is 0.125. The van der Waals surface area contributed by atoms with Crippen molar-refractivity contribution in [2.75, 3.05) is 5.73 Å². The summed E-state index contributed by atoms with van der Waals surface area (Å²) in [6.07, 6.45) is 5.20. The molecule has 3 aromatic rings. The molecular formula is C16H15N3O. The van der Waals surface area contributed by atoms with Gasteiger partial charge in [0, 0.05) is 18.0 Å². The maximum atomic E-state index is 5.89. The lowest BCUT2D eigenvalue weighted by Crippen LogP contribution is -1.95. The Morgan fingerprint density at radius 1 is 1.00 bits per heavy atom. The Morgan fingerprint density at radius 2 is 1.85 bits per heavy atom. The van der Waals surface area contributed by atoms with Crippen LogP contribution in [0, 0.1) is 0 Å². The minimum atomic E-state index is 0.348. The van der Waals surface area contributed by atoms with Crippen molar-refractivity contribution < 1.29 is 4.52 Å². The lowest BCUT2D eigenvalue weighted by molar-refractivity contribution is 0.427. The molecule has 0 unspecified atom stereocenters. The molecule has 4 heteroatoms. The van der Waals surface area contributed by atoms with E-state index >= 15 is 0 Å². The van der Waals surface area contributed by atoms with E-state index in [0.29, 0.717) is 5.88 Å². The van der Waals surface area contributed by atoms with Crippen LogP contribution in [0.15, 0.2) is 59.4 Å². The Morgan fingerprint density at radius 3 is 2.60 bits per heavy atom. The third-order valence-corrected chi connectivity index (χ3v) is 3.23. The van der Waals surface area contributed by atoms with Crippen LogP contribution in [0.25, 0.3) is 11.1 Å². The van der Waals surface area contributed by atoms with Gasteiger partial charge in [-0.2, -0.15) is 0 Å². The van der Waals surface area contributed by atoms with Gasteiger partial charge in [0.05, 0.1) is 11.3 Å². The van der Waals surface area contributed by atoms with Crippen LogP contribution in [-0.2, 0) is 12.8 Å². The van der Waals surface area contributed by atoms with Crippen LogP contribution < -0.4 is 5.73 Å². The van der Waals surface area contributed by atoms with Gasteiger partial charge in [-0.3, -0.25) is 4.98 Å². The topological polar surface area (TPSA) is 64.9 Å². The third-order valence-electron chi connectivity index (χ3n) is 3.23. The Bertz CT molecular complexity index is 677. The van der Waals surface area contributed by atoms with Crippen molar-refractivity contribution in [3.05, 3.63) is 66.1 Å². The van der Waals surface area contributed by atoms with Crippen LogP contribution in [0.1, 0.15) is 11.3 Å². The fourth-order valence-electron chi connectivity index (χ4n) is 2.24. The van der Waals surface area contributed by atoms with Gasteiger partial charge in [-0.05, 0) is 24.5 Å². The van der Waals surface area contributed by atoms with Crippen molar-refractivity contribution >= 4 is 5.88 Å². The Balaban J connectivity index is 1.85. The highest BCUT2D eigenvalue weighted by Crippen LogP contribution is 2.29. The standard InChI is InChI=1S/C16H15N3O/c17-16-15(13-7-4-10-18-11-13)14(19-20-16)9-8-12-5-2-1-3-6-12/h1-7,10-11H,8-9,17H2. The highest BCUT2D eigenvalue weighted by atomic mass is 16.5. The SMILES string of the molecule is Nc1onc(CCc2ccccc2)c1-c1cccnc1. The maximum absolute atomic E-state index is 5.89. The van der Waals surface area contributed by atoms with Gasteiger partial charge in [-0.15, -0.1) is 0 Å². The van der Waals surface area contributed by atoms with Crippen LogP contribution in [0.3, 0.4) is 0 Å². The van der Waals surface area contributed by atoms with Gasteiger partial charge in [0.25, 0.3) is 0 Å². The van der Waals surface area contributed by atoms with Gasteiger partial charge in [0.15, 0.2) is 0 Å². The van der Waals surface area contributed by atoms with E-state index in [1.807, 2.05) is 30.3 Å². The van der Waals surface area contributed by atoms with Crippen molar-refractivity contribution in [3.8, 4) is 11.1 Å². The first-order valence-electron chi connectivity index (χ1n) is 6.53. The maximum Gasteiger partial charge on any atom is 0.230 e. The number of benzene rings is 1. The number of aromatic nitrogens is 2. The molecule has 0 atom stereocenters. The monoisotopic (exact) mass is 265 g/mol.